The van der Waals surface area contributed by atoms with Gasteiger partial charge in [-0.05, 0) is 26.0 Å². The molecule has 7 heteroatoms. The zero-order valence-corrected chi connectivity index (χ0v) is 15.3. The first-order valence-electron chi connectivity index (χ1n) is 8.34. The number of amides is 1. The first-order valence-corrected chi connectivity index (χ1v) is 9.39. The summed E-state index contributed by atoms with van der Waals surface area (Å²) in [5.41, 5.74) is 4.11. The summed E-state index contributed by atoms with van der Waals surface area (Å²) in [6, 6.07) is 10.0. The summed E-state index contributed by atoms with van der Waals surface area (Å²) in [7, 11) is 0. The van der Waals surface area contributed by atoms with Crippen LogP contribution in [0.3, 0.4) is 0 Å². The molecule has 1 amide bonds. The van der Waals surface area contributed by atoms with Gasteiger partial charge in [0.05, 0.1) is 37.0 Å². The Bertz CT molecular complexity index is 733. The number of aromatic nitrogens is 2. The lowest BCUT2D eigenvalue weighted by atomic mass is 10.1. The van der Waals surface area contributed by atoms with E-state index in [1.807, 2.05) is 53.8 Å². The van der Waals surface area contributed by atoms with Crippen molar-refractivity contribution in [2.75, 3.05) is 32.1 Å². The Morgan fingerprint density at radius 3 is 2.76 bits per heavy atom. The van der Waals surface area contributed by atoms with Crippen molar-refractivity contribution in [1.82, 2.24) is 14.7 Å². The average Bonchev–Trinajstić information content (AvgIpc) is 3.12. The molecule has 1 aromatic carbocycles. The van der Waals surface area contributed by atoms with Gasteiger partial charge >= 0.3 is 0 Å². The molecular formula is C18H23N3O3S. The van der Waals surface area contributed by atoms with Gasteiger partial charge in [0.15, 0.2) is 0 Å². The van der Waals surface area contributed by atoms with Crippen LogP contribution in [-0.2, 0) is 9.53 Å². The Hall–Kier alpha value is -1.83. The average molecular weight is 361 g/mol. The van der Waals surface area contributed by atoms with Crippen molar-refractivity contribution < 1.29 is 14.6 Å². The van der Waals surface area contributed by atoms with Crippen molar-refractivity contribution in [3.63, 3.8) is 0 Å². The highest BCUT2D eigenvalue weighted by atomic mass is 32.2. The third-order valence-corrected chi connectivity index (χ3v) is 5.49. The SMILES string of the molecule is Cc1nn(-c2ccccc2)c(C)c1C1SCC(=O)N1CCOCCO. The Morgan fingerprint density at radius 1 is 1.28 bits per heavy atom. The zero-order valence-electron chi connectivity index (χ0n) is 14.5. The summed E-state index contributed by atoms with van der Waals surface area (Å²) >= 11 is 1.63. The molecule has 1 aliphatic heterocycles. The summed E-state index contributed by atoms with van der Waals surface area (Å²) < 4.78 is 7.28. The van der Waals surface area contributed by atoms with Gasteiger partial charge in [0, 0.05) is 17.8 Å². The molecule has 0 radical (unpaired) electrons. The molecule has 1 aliphatic rings. The Balaban J connectivity index is 1.85. The van der Waals surface area contributed by atoms with Gasteiger partial charge in [0.25, 0.3) is 0 Å². The van der Waals surface area contributed by atoms with Crippen LogP contribution in [0, 0.1) is 13.8 Å². The van der Waals surface area contributed by atoms with Crippen LogP contribution in [0.1, 0.15) is 22.3 Å². The maximum atomic E-state index is 12.3. The number of ether oxygens (including phenoxy) is 1. The molecular weight excluding hydrogens is 338 g/mol. The lowest BCUT2D eigenvalue weighted by molar-refractivity contribution is -0.128. The van der Waals surface area contributed by atoms with Gasteiger partial charge in [-0.3, -0.25) is 4.79 Å². The molecule has 0 bridgehead atoms. The Labute approximate surface area is 151 Å². The highest BCUT2D eigenvalue weighted by Gasteiger charge is 2.36. The number of thioether (sulfide) groups is 1. The molecule has 1 fully saturated rings. The largest absolute Gasteiger partial charge is 0.394 e. The van der Waals surface area contributed by atoms with Crippen LogP contribution < -0.4 is 0 Å². The fourth-order valence-electron chi connectivity index (χ4n) is 3.10. The fraction of sp³-hybridized carbons (Fsp3) is 0.444. The zero-order chi connectivity index (χ0) is 17.8. The number of rotatable bonds is 7. The molecule has 0 saturated carbocycles. The van der Waals surface area contributed by atoms with Crippen LogP contribution in [0.4, 0.5) is 0 Å². The Kier molecular flexibility index (Phi) is 5.78. The van der Waals surface area contributed by atoms with Gasteiger partial charge in [-0.25, -0.2) is 4.68 Å². The van der Waals surface area contributed by atoms with E-state index in [1.165, 1.54) is 0 Å². The third kappa shape index (κ3) is 3.73. The summed E-state index contributed by atoms with van der Waals surface area (Å²) in [5.74, 6) is 0.592. The van der Waals surface area contributed by atoms with Crippen LogP contribution in [0.5, 0.6) is 0 Å². The second-order valence-corrected chi connectivity index (χ2v) is 6.99. The van der Waals surface area contributed by atoms with Crippen molar-refractivity contribution in [2.24, 2.45) is 0 Å². The highest BCUT2D eigenvalue weighted by molar-refractivity contribution is 8.00. The number of nitrogens with zero attached hydrogens (tertiary/aromatic N) is 3. The maximum absolute atomic E-state index is 12.3. The molecule has 0 aliphatic carbocycles. The van der Waals surface area contributed by atoms with Crippen LogP contribution in [0.15, 0.2) is 30.3 Å². The highest BCUT2D eigenvalue weighted by Crippen LogP contribution is 2.41. The number of carbonyl (C=O) groups excluding carboxylic acids is 1. The minimum Gasteiger partial charge on any atom is -0.394 e. The molecule has 3 rings (SSSR count). The number of aliphatic hydroxyl groups is 1. The molecule has 2 aromatic rings. The molecule has 1 aromatic heterocycles. The molecule has 1 saturated heterocycles. The standard InChI is InChI=1S/C18H23N3O3S/c1-13-17(14(2)21(19-13)15-6-4-3-5-7-15)18-20(16(23)12-25-18)8-10-24-11-9-22/h3-7,18,22H,8-12H2,1-2H3. The van der Waals surface area contributed by atoms with Gasteiger partial charge in [-0.2, -0.15) is 5.10 Å². The first kappa shape index (κ1) is 18.0. The van der Waals surface area contributed by atoms with Crippen molar-refractivity contribution >= 4 is 17.7 Å². The van der Waals surface area contributed by atoms with Crippen molar-refractivity contribution in [3.05, 3.63) is 47.3 Å². The van der Waals surface area contributed by atoms with E-state index in [4.69, 9.17) is 14.9 Å². The number of hydrogen-bond acceptors (Lipinski definition) is 5. The molecule has 25 heavy (non-hydrogen) atoms. The second-order valence-electron chi connectivity index (χ2n) is 5.92. The topological polar surface area (TPSA) is 67.6 Å². The number of benzene rings is 1. The first-order chi connectivity index (χ1) is 12.1. The van der Waals surface area contributed by atoms with E-state index in [9.17, 15) is 4.79 Å². The van der Waals surface area contributed by atoms with Crippen molar-refractivity contribution in [2.45, 2.75) is 19.2 Å². The quantitative estimate of drug-likeness (QED) is 0.765. The van der Waals surface area contributed by atoms with Crippen LogP contribution in [0.25, 0.3) is 5.69 Å². The van der Waals surface area contributed by atoms with E-state index in [-0.39, 0.29) is 17.9 Å². The summed E-state index contributed by atoms with van der Waals surface area (Å²) in [6.07, 6.45) is 0. The van der Waals surface area contributed by atoms with Gasteiger partial charge in [0.2, 0.25) is 5.91 Å². The lowest BCUT2D eigenvalue weighted by Gasteiger charge is -2.24. The van der Waals surface area contributed by atoms with Crippen LogP contribution in [0.2, 0.25) is 0 Å². The third-order valence-electron chi connectivity index (χ3n) is 4.28. The number of carbonyl (C=O) groups is 1. The van der Waals surface area contributed by atoms with Gasteiger partial charge in [0.1, 0.15) is 5.37 Å². The molecule has 1 N–H and O–H groups in total. The molecule has 0 spiro atoms. The van der Waals surface area contributed by atoms with Gasteiger partial charge < -0.3 is 14.7 Å². The van der Waals surface area contributed by atoms with E-state index in [0.717, 1.165) is 22.6 Å². The van der Waals surface area contributed by atoms with Crippen molar-refractivity contribution in [1.29, 1.82) is 0 Å². The van der Waals surface area contributed by atoms with E-state index < -0.39 is 0 Å². The monoisotopic (exact) mass is 361 g/mol. The lowest BCUT2D eigenvalue weighted by Crippen LogP contribution is -2.32. The van der Waals surface area contributed by atoms with E-state index >= 15 is 0 Å². The van der Waals surface area contributed by atoms with E-state index in [2.05, 4.69) is 0 Å². The van der Waals surface area contributed by atoms with Gasteiger partial charge in [-0.1, -0.05) is 18.2 Å². The van der Waals surface area contributed by atoms with Gasteiger partial charge in [-0.15, -0.1) is 11.8 Å². The second kappa shape index (κ2) is 8.03. The minimum atomic E-state index is -0.0392. The minimum absolute atomic E-state index is 0.00577. The summed E-state index contributed by atoms with van der Waals surface area (Å²) in [4.78, 5) is 14.1. The molecule has 134 valence electrons. The molecule has 1 atom stereocenters. The molecule has 2 heterocycles. The van der Waals surface area contributed by atoms with Crippen LogP contribution in [-0.4, -0.2) is 57.8 Å². The van der Waals surface area contributed by atoms with Crippen LogP contribution >= 0.6 is 11.8 Å². The fourth-order valence-corrected chi connectivity index (χ4v) is 4.47. The van der Waals surface area contributed by atoms with E-state index in [0.29, 0.717) is 25.5 Å². The maximum Gasteiger partial charge on any atom is 0.233 e. The number of hydrogen-bond donors (Lipinski definition) is 1. The molecule has 1 unspecified atom stereocenters. The van der Waals surface area contributed by atoms with Crippen molar-refractivity contribution in [3.8, 4) is 5.69 Å². The smallest absolute Gasteiger partial charge is 0.233 e. The molecule has 6 nitrogen and oxygen atoms in total. The Morgan fingerprint density at radius 2 is 2.04 bits per heavy atom. The number of aryl methyl sites for hydroxylation is 1. The summed E-state index contributed by atoms with van der Waals surface area (Å²) in [6.45, 7) is 5.27. The normalized spacial score (nSPS) is 17.5. The predicted octanol–water partition coefficient (Wildman–Crippen LogP) is 2.07. The predicted molar refractivity (Wildman–Crippen MR) is 97.9 cm³/mol. The summed E-state index contributed by atoms with van der Waals surface area (Å²) in [5, 5.41) is 13.5. The number of aliphatic hydroxyl groups excluding tert-OH is 1. The number of para-hydroxylation sites is 1. The van der Waals surface area contributed by atoms with E-state index in [1.54, 1.807) is 11.8 Å².